The highest BCUT2D eigenvalue weighted by atomic mass is 35.5. The van der Waals surface area contributed by atoms with Gasteiger partial charge < -0.3 is 15.4 Å². The van der Waals surface area contributed by atoms with E-state index in [0.29, 0.717) is 21.6 Å². The Morgan fingerprint density at radius 2 is 2.13 bits per heavy atom. The van der Waals surface area contributed by atoms with Gasteiger partial charge in [0.15, 0.2) is 5.17 Å². The lowest BCUT2D eigenvalue weighted by Crippen LogP contribution is -2.28. The number of rotatable bonds is 6. The first-order valence-corrected chi connectivity index (χ1v) is 9.97. The van der Waals surface area contributed by atoms with Crippen molar-refractivity contribution in [3.8, 4) is 5.75 Å². The molecule has 1 heterocycles. The van der Waals surface area contributed by atoms with Crippen LogP contribution >= 0.6 is 23.4 Å². The van der Waals surface area contributed by atoms with Crippen molar-refractivity contribution >= 4 is 57.4 Å². The zero-order chi connectivity index (χ0) is 21.8. The van der Waals surface area contributed by atoms with Crippen LogP contribution in [0.4, 0.5) is 17.1 Å². The molecule has 156 valence electrons. The number of aryl methyl sites for hydroxylation is 1. The first-order valence-electron chi connectivity index (χ1n) is 8.71. The molecule has 0 unspecified atom stereocenters. The predicted octanol–water partition coefficient (Wildman–Crippen LogP) is 3.81. The maximum atomic E-state index is 12.4. The minimum Gasteiger partial charge on any atom is -0.496 e. The van der Waals surface area contributed by atoms with Crippen LogP contribution in [0.25, 0.3) is 0 Å². The van der Waals surface area contributed by atoms with Crippen LogP contribution in [0.1, 0.15) is 12.0 Å². The Kier molecular flexibility index (Phi) is 6.58. The summed E-state index contributed by atoms with van der Waals surface area (Å²) >= 11 is 7.06. The summed E-state index contributed by atoms with van der Waals surface area (Å²) in [4.78, 5) is 39.6. The molecule has 0 bridgehead atoms. The van der Waals surface area contributed by atoms with E-state index in [0.717, 1.165) is 17.3 Å². The quantitative estimate of drug-likeness (QED) is 0.511. The molecular formula is C19H17ClN4O5S. The van der Waals surface area contributed by atoms with Gasteiger partial charge in [0.25, 0.3) is 5.69 Å². The van der Waals surface area contributed by atoms with E-state index in [1.807, 2.05) is 6.92 Å². The number of aliphatic imine (C=N–C) groups is 1. The van der Waals surface area contributed by atoms with E-state index < -0.39 is 16.1 Å². The largest absolute Gasteiger partial charge is 0.496 e. The Balaban J connectivity index is 1.68. The van der Waals surface area contributed by atoms with Gasteiger partial charge in [0, 0.05) is 11.4 Å². The van der Waals surface area contributed by atoms with Crippen LogP contribution in [0, 0.1) is 17.0 Å². The summed E-state index contributed by atoms with van der Waals surface area (Å²) in [6, 6.07) is 9.29. The van der Waals surface area contributed by atoms with Gasteiger partial charge in [-0.05, 0) is 42.8 Å². The lowest BCUT2D eigenvalue weighted by Gasteiger charge is -2.09. The number of hydrogen-bond donors (Lipinski definition) is 2. The number of methoxy groups -OCH3 is 1. The number of hydrogen-bond acceptors (Lipinski definition) is 7. The average molecular weight is 449 g/mol. The molecule has 0 radical (unpaired) electrons. The molecule has 2 N–H and O–H groups in total. The summed E-state index contributed by atoms with van der Waals surface area (Å²) in [5.74, 6) is -0.589. The van der Waals surface area contributed by atoms with Gasteiger partial charge in [-0.1, -0.05) is 23.4 Å². The standard InChI is InChI=1S/C19H17ClN4O5S/c1-10-7-11(20)3-5-13(10)22-19-23-18(26)16(30-19)9-17(25)21-14-6-4-12(29-2)8-15(14)24(27)28/h3-8,16H,9H2,1-2H3,(H,21,25)(H,22,23,26)/t16-/m1/s1. The maximum absolute atomic E-state index is 12.4. The lowest BCUT2D eigenvalue weighted by atomic mass is 10.2. The molecule has 2 aromatic carbocycles. The first kappa shape index (κ1) is 21.6. The summed E-state index contributed by atoms with van der Waals surface area (Å²) in [5.41, 5.74) is 1.23. The maximum Gasteiger partial charge on any atom is 0.296 e. The second-order valence-electron chi connectivity index (χ2n) is 6.34. The Morgan fingerprint density at radius 1 is 1.37 bits per heavy atom. The number of thioether (sulfide) groups is 1. The molecule has 0 aliphatic carbocycles. The Bertz CT molecular complexity index is 1060. The topological polar surface area (TPSA) is 123 Å². The smallest absolute Gasteiger partial charge is 0.296 e. The molecule has 2 amide bonds. The molecule has 0 spiro atoms. The van der Waals surface area contributed by atoms with Crippen molar-refractivity contribution in [3.63, 3.8) is 0 Å². The Morgan fingerprint density at radius 3 is 2.80 bits per heavy atom. The minimum atomic E-state index is -0.700. The third-order valence-electron chi connectivity index (χ3n) is 4.20. The summed E-state index contributed by atoms with van der Waals surface area (Å²) in [6.45, 7) is 1.85. The average Bonchev–Trinajstić information content (AvgIpc) is 3.03. The second-order valence-corrected chi connectivity index (χ2v) is 7.96. The van der Waals surface area contributed by atoms with E-state index in [9.17, 15) is 19.7 Å². The second kappa shape index (κ2) is 9.14. The molecule has 2 aromatic rings. The fourth-order valence-electron chi connectivity index (χ4n) is 2.71. The Labute approximate surface area is 181 Å². The Hall–Kier alpha value is -3.11. The number of nitrogens with one attached hydrogen (secondary N) is 2. The molecule has 1 aliphatic heterocycles. The number of benzene rings is 2. The number of amidine groups is 1. The van der Waals surface area contributed by atoms with Crippen LogP contribution in [-0.2, 0) is 9.59 Å². The molecular weight excluding hydrogens is 432 g/mol. The molecule has 1 fully saturated rings. The molecule has 9 nitrogen and oxygen atoms in total. The van der Waals surface area contributed by atoms with Crippen molar-refractivity contribution in [1.82, 2.24) is 5.32 Å². The number of ether oxygens (including phenoxy) is 1. The highest BCUT2D eigenvalue weighted by molar-refractivity contribution is 8.15. The van der Waals surface area contributed by atoms with Crippen molar-refractivity contribution in [2.45, 2.75) is 18.6 Å². The van der Waals surface area contributed by atoms with Gasteiger partial charge in [-0.3, -0.25) is 19.7 Å². The third-order valence-corrected chi connectivity index (χ3v) is 5.52. The number of carbonyl (C=O) groups excluding carboxylic acids is 2. The highest BCUT2D eigenvalue weighted by Gasteiger charge is 2.32. The van der Waals surface area contributed by atoms with Gasteiger partial charge in [0.05, 0.1) is 23.8 Å². The van der Waals surface area contributed by atoms with Gasteiger partial charge in [-0.2, -0.15) is 0 Å². The summed E-state index contributed by atoms with van der Waals surface area (Å²) in [7, 11) is 1.39. The van der Waals surface area contributed by atoms with Crippen molar-refractivity contribution in [1.29, 1.82) is 0 Å². The summed E-state index contributed by atoms with van der Waals surface area (Å²) < 4.78 is 4.97. The molecule has 1 saturated heterocycles. The van der Waals surface area contributed by atoms with Crippen molar-refractivity contribution in [3.05, 3.63) is 57.1 Å². The third kappa shape index (κ3) is 5.08. The lowest BCUT2D eigenvalue weighted by molar-refractivity contribution is -0.384. The van der Waals surface area contributed by atoms with Crippen LogP contribution in [0.15, 0.2) is 41.4 Å². The van der Waals surface area contributed by atoms with E-state index in [2.05, 4.69) is 15.6 Å². The van der Waals surface area contributed by atoms with Crippen LogP contribution in [0.3, 0.4) is 0 Å². The fourth-order valence-corrected chi connectivity index (χ4v) is 3.92. The number of nitro benzene ring substituents is 1. The van der Waals surface area contributed by atoms with E-state index >= 15 is 0 Å². The molecule has 1 aliphatic rings. The van der Waals surface area contributed by atoms with Crippen LogP contribution in [0.5, 0.6) is 5.75 Å². The highest BCUT2D eigenvalue weighted by Crippen LogP contribution is 2.31. The number of nitro groups is 1. The SMILES string of the molecule is COc1ccc(NC(=O)C[C@H]2SC(=Nc3ccc(Cl)cc3C)NC2=O)c([N+](=O)[O-])c1. The van der Waals surface area contributed by atoms with Gasteiger partial charge in [0.1, 0.15) is 16.7 Å². The normalized spacial score (nSPS) is 17.0. The fraction of sp³-hybridized carbons (Fsp3) is 0.211. The minimum absolute atomic E-state index is 0.0277. The zero-order valence-corrected chi connectivity index (χ0v) is 17.5. The number of anilines is 1. The van der Waals surface area contributed by atoms with Crippen molar-refractivity contribution < 1.29 is 19.2 Å². The molecule has 0 saturated carbocycles. The molecule has 11 heteroatoms. The van der Waals surface area contributed by atoms with Gasteiger partial charge in [0.2, 0.25) is 11.8 Å². The van der Waals surface area contributed by atoms with Crippen LogP contribution in [0.2, 0.25) is 5.02 Å². The van der Waals surface area contributed by atoms with Crippen molar-refractivity contribution in [2.75, 3.05) is 12.4 Å². The van der Waals surface area contributed by atoms with E-state index in [1.54, 1.807) is 18.2 Å². The summed E-state index contributed by atoms with van der Waals surface area (Å²) in [5, 5.41) is 16.6. The number of nitrogens with zero attached hydrogens (tertiary/aromatic N) is 2. The van der Waals surface area contributed by atoms with E-state index in [-0.39, 0.29) is 23.7 Å². The van der Waals surface area contributed by atoms with Gasteiger partial charge >= 0.3 is 0 Å². The number of carbonyl (C=O) groups is 2. The van der Waals surface area contributed by atoms with Gasteiger partial charge in [-0.15, -0.1) is 0 Å². The van der Waals surface area contributed by atoms with E-state index in [1.165, 1.54) is 25.3 Å². The predicted molar refractivity (Wildman–Crippen MR) is 116 cm³/mol. The van der Waals surface area contributed by atoms with E-state index in [4.69, 9.17) is 16.3 Å². The monoisotopic (exact) mass is 448 g/mol. The van der Waals surface area contributed by atoms with Crippen LogP contribution < -0.4 is 15.4 Å². The zero-order valence-electron chi connectivity index (χ0n) is 16.0. The first-order chi connectivity index (χ1) is 14.3. The molecule has 3 rings (SSSR count). The van der Waals surface area contributed by atoms with Crippen LogP contribution in [-0.4, -0.2) is 34.3 Å². The molecule has 30 heavy (non-hydrogen) atoms. The van der Waals surface area contributed by atoms with Gasteiger partial charge in [-0.25, -0.2) is 4.99 Å². The van der Waals surface area contributed by atoms with Crippen molar-refractivity contribution in [2.24, 2.45) is 4.99 Å². The molecule has 1 atom stereocenters. The number of halogens is 1. The summed E-state index contributed by atoms with van der Waals surface area (Å²) in [6.07, 6.45) is -0.168. The molecule has 0 aromatic heterocycles. The number of amides is 2.